The van der Waals surface area contributed by atoms with Crippen LogP contribution in [0.25, 0.3) is 0 Å². The van der Waals surface area contributed by atoms with E-state index in [0.717, 1.165) is 46.5 Å². The van der Waals surface area contributed by atoms with Gasteiger partial charge in [0.2, 0.25) is 0 Å². The lowest BCUT2D eigenvalue weighted by atomic mass is 9.95. The Morgan fingerprint density at radius 3 is 2.42 bits per heavy atom. The summed E-state index contributed by atoms with van der Waals surface area (Å²) in [6.07, 6.45) is 1.71. The molecule has 5 nitrogen and oxygen atoms in total. The van der Waals surface area contributed by atoms with Crippen LogP contribution in [0.1, 0.15) is 30.3 Å². The Bertz CT molecular complexity index is 734. The van der Waals surface area contributed by atoms with Gasteiger partial charge in [-0.05, 0) is 19.1 Å². The van der Waals surface area contributed by atoms with Gasteiger partial charge in [0.05, 0.1) is 13.2 Å². The summed E-state index contributed by atoms with van der Waals surface area (Å²) in [4.78, 5) is 5.98. The predicted molar refractivity (Wildman–Crippen MR) is 101 cm³/mol. The molecule has 0 bridgehead atoms. The molecule has 1 aromatic carbocycles. The smallest absolute Gasteiger partial charge is 0.192 e. The zero-order chi connectivity index (χ0) is 18.0. The van der Waals surface area contributed by atoms with Gasteiger partial charge in [-0.2, -0.15) is 0 Å². The molecule has 26 heavy (non-hydrogen) atoms. The van der Waals surface area contributed by atoms with Gasteiger partial charge in [0.25, 0.3) is 0 Å². The third-order valence-corrected chi connectivity index (χ3v) is 7.11. The van der Waals surface area contributed by atoms with E-state index in [0.29, 0.717) is 13.2 Å². The van der Waals surface area contributed by atoms with Crippen LogP contribution in [0.4, 0.5) is 0 Å². The SMILES string of the molecule is COC1(c2nc(Sc3ccc(C4(C)OCCO4)cc3)cs2)CCOCC1. The van der Waals surface area contributed by atoms with Crippen molar-refractivity contribution in [2.45, 2.75) is 41.1 Å². The van der Waals surface area contributed by atoms with Crippen LogP contribution in [0.5, 0.6) is 0 Å². The molecule has 2 aliphatic rings. The first-order valence-corrected chi connectivity index (χ1v) is 10.5. The van der Waals surface area contributed by atoms with E-state index in [4.69, 9.17) is 23.9 Å². The molecule has 2 aliphatic heterocycles. The second-order valence-electron chi connectivity index (χ2n) is 6.57. The summed E-state index contributed by atoms with van der Waals surface area (Å²) in [7, 11) is 1.77. The van der Waals surface area contributed by atoms with Crippen LogP contribution < -0.4 is 0 Å². The highest BCUT2D eigenvalue weighted by atomic mass is 32.2. The molecule has 3 heterocycles. The summed E-state index contributed by atoms with van der Waals surface area (Å²) in [5, 5.41) is 4.15. The number of nitrogens with zero attached hydrogens (tertiary/aromatic N) is 1. The third kappa shape index (κ3) is 3.56. The number of rotatable bonds is 5. The Balaban J connectivity index is 1.47. The Kier molecular flexibility index (Phi) is 5.36. The van der Waals surface area contributed by atoms with Gasteiger partial charge in [-0.3, -0.25) is 0 Å². The van der Waals surface area contributed by atoms with Crippen LogP contribution in [0.2, 0.25) is 0 Å². The van der Waals surface area contributed by atoms with E-state index in [1.807, 2.05) is 6.92 Å². The Morgan fingerprint density at radius 1 is 1.08 bits per heavy atom. The van der Waals surface area contributed by atoms with Crippen molar-refractivity contribution < 1.29 is 18.9 Å². The normalized spacial score (nSPS) is 21.8. The minimum atomic E-state index is -0.620. The molecule has 140 valence electrons. The molecule has 7 heteroatoms. The van der Waals surface area contributed by atoms with Gasteiger partial charge < -0.3 is 18.9 Å². The maximum atomic E-state index is 5.84. The monoisotopic (exact) mass is 393 g/mol. The van der Waals surface area contributed by atoms with E-state index in [1.54, 1.807) is 30.2 Å². The topological polar surface area (TPSA) is 49.8 Å². The van der Waals surface area contributed by atoms with Crippen LogP contribution in [-0.2, 0) is 30.3 Å². The Morgan fingerprint density at radius 2 is 1.77 bits per heavy atom. The summed E-state index contributed by atoms with van der Waals surface area (Å²) in [6, 6.07) is 8.32. The van der Waals surface area contributed by atoms with Gasteiger partial charge >= 0.3 is 0 Å². The highest BCUT2D eigenvalue weighted by molar-refractivity contribution is 7.99. The van der Waals surface area contributed by atoms with Crippen molar-refractivity contribution in [1.29, 1.82) is 0 Å². The van der Waals surface area contributed by atoms with Gasteiger partial charge in [0, 0.05) is 49.0 Å². The van der Waals surface area contributed by atoms with Crippen LogP contribution in [0.3, 0.4) is 0 Å². The summed E-state index contributed by atoms with van der Waals surface area (Å²) < 4.78 is 22.8. The summed E-state index contributed by atoms with van der Waals surface area (Å²) in [6.45, 7) is 4.69. The number of aromatic nitrogens is 1. The first kappa shape index (κ1) is 18.4. The van der Waals surface area contributed by atoms with Crippen LogP contribution in [0, 0.1) is 0 Å². The maximum Gasteiger partial charge on any atom is 0.192 e. The van der Waals surface area contributed by atoms with Crippen LogP contribution in [0.15, 0.2) is 39.6 Å². The number of methoxy groups -OCH3 is 1. The number of benzene rings is 1. The molecular weight excluding hydrogens is 370 g/mol. The van der Waals surface area contributed by atoms with E-state index in [1.165, 1.54) is 0 Å². The quantitative estimate of drug-likeness (QED) is 0.760. The molecule has 0 amide bonds. The zero-order valence-corrected chi connectivity index (χ0v) is 16.7. The lowest BCUT2D eigenvalue weighted by Crippen LogP contribution is -2.35. The van der Waals surface area contributed by atoms with Crippen LogP contribution >= 0.6 is 23.1 Å². The molecule has 4 rings (SSSR count). The molecule has 2 fully saturated rings. The number of hydrogen-bond acceptors (Lipinski definition) is 7. The predicted octanol–water partition coefficient (Wildman–Crippen LogP) is 4.17. The molecular formula is C19H23NO4S2. The van der Waals surface area contributed by atoms with Crippen molar-refractivity contribution in [2.24, 2.45) is 0 Å². The summed E-state index contributed by atoms with van der Waals surface area (Å²) in [5.41, 5.74) is 0.746. The van der Waals surface area contributed by atoms with Crippen molar-refractivity contribution in [3.05, 3.63) is 40.2 Å². The molecule has 0 N–H and O–H groups in total. The molecule has 0 unspecified atom stereocenters. The zero-order valence-electron chi connectivity index (χ0n) is 15.0. The molecule has 2 aromatic rings. The van der Waals surface area contributed by atoms with E-state index in [2.05, 4.69) is 29.6 Å². The largest absolute Gasteiger partial charge is 0.381 e. The first-order valence-electron chi connectivity index (χ1n) is 8.79. The highest BCUT2D eigenvalue weighted by Gasteiger charge is 2.37. The second-order valence-corrected chi connectivity index (χ2v) is 8.52. The second kappa shape index (κ2) is 7.58. The molecule has 1 aromatic heterocycles. The van der Waals surface area contributed by atoms with Crippen molar-refractivity contribution >= 4 is 23.1 Å². The average molecular weight is 394 g/mol. The molecule has 0 atom stereocenters. The lowest BCUT2D eigenvalue weighted by molar-refractivity contribution is -0.149. The maximum absolute atomic E-state index is 5.84. The number of hydrogen-bond donors (Lipinski definition) is 0. The van der Waals surface area contributed by atoms with Crippen LogP contribution in [-0.4, -0.2) is 38.5 Å². The minimum absolute atomic E-state index is 0.294. The summed E-state index contributed by atoms with van der Waals surface area (Å²) >= 11 is 3.33. The first-order chi connectivity index (χ1) is 12.6. The van der Waals surface area contributed by atoms with Crippen molar-refractivity contribution in [1.82, 2.24) is 4.98 Å². The number of thiazole rings is 1. The van der Waals surface area contributed by atoms with Gasteiger partial charge in [0.1, 0.15) is 15.6 Å². The third-order valence-electron chi connectivity index (χ3n) is 5.00. The fraction of sp³-hybridized carbons (Fsp3) is 0.526. The summed E-state index contributed by atoms with van der Waals surface area (Å²) in [5.74, 6) is -0.620. The van der Waals surface area contributed by atoms with Crippen molar-refractivity contribution in [3.63, 3.8) is 0 Å². The van der Waals surface area contributed by atoms with E-state index >= 15 is 0 Å². The van der Waals surface area contributed by atoms with Gasteiger partial charge in [-0.15, -0.1) is 11.3 Å². The fourth-order valence-corrected chi connectivity index (χ4v) is 5.31. The molecule has 0 radical (unpaired) electrons. The van der Waals surface area contributed by atoms with E-state index in [-0.39, 0.29) is 5.60 Å². The average Bonchev–Trinajstić information content (AvgIpc) is 3.33. The molecule has 0 aliphatic carbocycles. The number of ether oxygens (including phenoxy) is 4. The highest BCUT2D eigenvalue weighted by Crippen LogP contribution is 2.40. The molecule has 0 spiro atoms. The lowest BCUT2D eigenvalue weighted by Gasteiger charge is -2.33. The minimum Gasteiger partial charge on any atom is -0.381 e. The Hall–Kier alpha value is -0.960. The Labute approximate surface area is 162 Å². The van der Waals surface area contributed by atoms with E-state index in [9.17, 15) is 0 Å². The standard InChI is InChI=1S/C19H23NO4S2/c1-18(23-11-12-24-18)14-3-5-15(6-4-14)26-16-13-25-17(20-16)19(21-2)7-9-22-10-8-19/h3-6,13H,7-12H2,1-2H3. The van der Waals surface area contributed by atoms with Gasteiger partial charge in [-0.25, -0.2) is 4.98 Å². The van der Waals surface area contributed by atoms with Gasteiger partial charge in [0.15, 0.2) is 5.79 Å². The molecule has 2 saturated heterocycles. The van der Waals surface area contributed by atoms with E-state index < -0.39 is 5.79 Å². The molecule has 0 saturated carbocycles. The van der Waals surface area contributed by atoms with Gasteiger partial charge in [-0.1, -0.05) is 23.9 Å². The fourth-order valence-electron chi connectivity index (χ4n) is 3.35. The van der Waals surface area contributed by atoms with Crippen molar-refractivity contribution in [3.8, 4) is 0 Å². The van der Waals surface area contributed by atoms with Crippen molar-refractivity contribution in [2.75, 3.05) is 33.5 Å².